The zero-order valence-electron chi connectivity index (χ0n) is 10.6. The Hall–Kier alpha value is -1.28. The standard InChI is InChI=1S/C15H18ClNO/c1-11-6-5-8-13(15(11)16)17-10-12-7-3-2-4-9-14(12)18/h5-6,8,10,17H,2-4,7,9H2,1H3. The molecule has 0 atom stereocenters. The highest BCUT2D eigenvalue weighted by molar-refractivity contribution is 6.34. The fraction of sp³-hybridized carbons (Fsp3) is 0.400. The normalized spacial score (nSPS) is 18.8. The molecule has 2 nitrogen and oxygen atoms in total. The minimum Gasteiger partial charge on any atom is -0.360 e. The predicted molar refractivity (Wildman–Crippen MR) is 76.0 cm³/mol. The van der Waals surface area contributed by atoms with E-state index in [0.29, 0.717) is 6.42 Å². The van der Waals surface area contributed by atoms with Gasteiger partial charge in [-0.1, -0.05) is 30.2 Å². The third-order valence-electron chi connectivity index (χ3n) is 3.30. The second-order valence-electron chi connectivity index (χ2n) is 4.73. The number of ketones is 1. The molecule has 0 aromatic heterocycles. The smallest absolute Gasteiger partial charge is 0.160 e. The summed E-state index contributed by atoms with van der Waals surface area (Å²) in [7, 11) is 0. The van der Waals surface area contributed by atoms with Crippen LogP contribution in [-0.4, -0.2) is 5.78 Å². The summed E-state index contributed by atoms with van der Waals surface area (Å²) in [6.07, 6.45) is 6.63. The summed E-state index contributed by atoms with van der Waals surface area (Å²) < 4.78 is 0. The Morgan fingerprint density at radius 1 is 1.22 bits per heavy atom. The zero-order valence-corrected chi connectivity index (χ0v) is 11.4. The monoisotopic (exact) mass is 263 g/mol. The first-order valence-corrected chi connectivity index (χ1v) is 6.80. The summed E-state index contributed by atoms with van der Waals surface area (Å²) in [5, 5.41) is 3.88. The maximum Gasteiger partial charge on any atom is 0.160 e. The van der Waals surface area contributed by atoms with E-state index in [9.17, 15) is 4.79 Å². The van der Waals surface area contributed by atoms with E-state index < -0.39 is 0 Å². The minimum atomic E-state index is 0.267. The van der Waals surface area contributed by atoms with Crippen LogP contribution in [0.3, 0.4) is 0 Å². The van der Waals surface area contributed by atoms with Gasteiger partial charge in [0, 0.05) is 18.2 Å². The van der Waals surface area contributed by atoms with Crippen LogP contribution in [0.25, 0.3) is 0 Å². The Balaban J connectivity index is 2.13. The van der Waals surface area contributed by atoms with Crippen molar-refractivity contribution in [3.05, 3.63) is 40.6 Å². The molecule has 1 aromatic rings. The number of halogens is 1. The third kappa shape index (κ3) is 3.14. The van der Waals surface area contributed by atoms with Gasteiger partial charge in [0.05, 0.1) is 10.7 Å². The number of carbonyl (C=O) groups excluding carboxylic acids is 1. The van der Waals surface area contributed by atoms with Crippen molar-refractivity contribution in [3.8, 4) is 0 Å². The van der Waals surface area contributed by atoms with Crippen LogP contribution in [0.15, 0.2) is 30.0 Å². The van der Waals surface area contributed by atoms with Crippen molar-refractivity contribution in [2.24, 2.45) is 0 Å². The van der Waals surface area contributed by atoms with Gasteiger partial charge in [-0.25, -0.2) is 0 Å². The van der Waals surface area contributed by atoms with Crippen molar-refractivity contribution in [1.82, 2.24) is 0 Å². The van der Waals surface area contributed by atoms with Crippen LogP contribution in [0.1, 0.15) is 37.7 Å². The molecule has 2 rings (SSSR count). The molecule has 0 amide bonds. The number of nitrogens with one attached hydrogen (secondary N) is 1. The predicted octanol–water partition coefficient (Wildman–Crippen LogP) is 4.48. The lowest BCUT2D eigenvalue weighted by molar-refractivity contribution is -0.115. The van der Waals surface area contributed by atoms with Gasteiger partial charge in [-0.15, -0.1) is 0 Å². The Morgan fingerprint density at radius 2 is 2.00 bits per heavy atom. The Bertz CT molecular complexity index is 479. The number of hydrogen-bond donors (Lipinski definition) is 1. The first kappa shape index (κ1) is 13.2. The van der Waals surface area contributed by atoms with Crippen molar-refractivity contribution in [1.29, 1.82) is 0 Å². The Kier molecular flexibility index (Phi) is 4.43. The number of allylic oxidation sites excluding steroid dienone is 1. The summed E-state index contributed by atoms with van der Waals surface area (Å²) >= 11 is 6.20. The molecular formula is C15H18ClNO. The summed E-state index contributed by atoms with van der Waals surface area (Å²) in [4.78, 5) is 11.8. The van der Waals surface area contributed by atoms with Crippen molar-refractivity contribution < 1.29 is 4.79 Å². The SMILES string of the molecule is Cc1cccc(NC=C2CCCCCC2=O)c1Cl. The average Bonchev–Trinajstić information content (AvgIpc) is 2.56. The van der Waals surface area contributed by atoms with Gasteiger partial charge >= 0.3 is 0 Å². The highest BCUT2D eigenvalue weighted by atomic mass is 35.5. The summed E-state index contributed by atoms with van der Waals surface area (Å²) in [5.41, 5.74) is 2.79. The highest BCUT2D eigenvalue weighted by Gasteiger charge is 2.13. The van der Waals surface area contributed by atoms with Crippen LogP contribution in [0.5, 0.6) is 0 Å². The van der Waals surface area contributed by atoms with Gasteiger partial charge in [0.1, 0.15) is 0 Å². The Morgan fingerprint density at radius 3 is 2.83 bits per heavy atom. The second-order valence-corrected chi connectivity index (χ2v) is 5.11. The van der Waals surface area contributed by atoms with Crippen LogP contribution in [-0.2, 0) is 4.79 Å². The number of benzene rings is 1. The van der Waals surface area contributed by atoms with E-state index in [0.717, 1.165) is 47.5 Å². The molecule has 0 aliphatic heterocycles. The summed E-state index contributed by atoms with van der Waals surface area (Å²) in [6.45, 7) is 1.97. The largest absolute Gasteiger partial charge is 0.360 e. The lowest BCUT2D eigenvalue weighted by Crippen LogP contribution is -2.02. The molecule has 1 N–H and O–H groups in total. The molecule has 96 valence electrons. The Labute approximate surface area is 113 Å². The zero-order chi connectivity index (χ0) is 13.0. The fourth-order valence-corrected chi connectivity index (χ4v) is 2.33. The first-order valence-electron chi connectivity index (χ1n) is 6.42. The quantitative estimate of drug-likeness (QED) is 0.630. The number of Topliss-reactive ketones (excluding diaryl/α,β-unsaturated/α-hetero) is 1. The van der Waals surface area contributed by atoms with E-state index in [4.69, 9.17) is 11.6 Å². The van der Waals surface area contributed by atoms with Gasteiger partial charge in [-0.3, -0.25) is 4.79 Å². The molecule has 1 aromatic carbocycles. The van der Waals surface area contributed by atoms with Crippen LogP contribution < -0.4 is 5.32 Å². The molecule has 1 aliphatic carbocycles. The third-order valence-corrected chi connectivity index (χ3v) is 3.80. The highest BCUT2D eigenvalue weighted by Crippen LogP contribution is 2.26. The minimum absolute atomic E-state index is 0.267. The lowest BCUT2D eigenvalue weighted by atomic mass is 10.1. The molecule has 0 heterocycles. The van der Waals surface area contributed by atoms with Crippen molar-refractivity contribution in [3.63, 3.8) is 0 Å². The fourth-order valence-electron chi connectivity index (χ4n) is 2.15. The number of hydrogen-bond acceptors (Lipinski definition) is 2. The number of aryl methyl sites for hydroxylation is 1. The summed E-state index contributed by atoms with van der Waals surface area (Å²) in [6, 6.07) is 5.85. The van der Waals surface area contributed by atoms with E-state index >= 15 is 0 Å². The van der Waals surface area contributed by atoms with E-state index in [1.54, 1.807) is 0 Å². The molecule has 0 radical (unpaired) electrons. The number of rotatable bonds is 2. The van der Waals surface area contributed by atoms with Crippen LogP contribution in [0, 0.1) is 6.92 Å². The van der Waals surface area contributed by atoms with E-state index in [1.807, 2.05) is 31.3 Å². The van der Waals surface area contributed by atoms with Crippen molar-refractivity contribution in [2.75, 3.05) is 5.32 Å². The van der Waals surface area contributed by atoms with Gasteiger partial charge < -0.3 is 5.32 Å². The molecule has 1 fully saturated rings. The van der Waals surface area contributed by atoms with Crippen LogP contribution in [0.4, 0.5) is 5.69 Å². The summed E-state index contributed by atoms with van der Waals surface area (Å²) in [5.74, 6) is 0.267. The van der Waals surface area contributed by atoms with Gasteiger partial charge in [-0.2, -0.15) is 0 Å². The van der Waals surface area contributed by atoms with Gasteiger partial charge in [-0.05, 0) is 37.8 Å². The van der Waals surface area contributed by atoms with Crippen molar-refractivity contribution >= 4 is 23.1 Å². The van der Waals surface area contributed by atoms with E-state index in [-0.39, 0.29) is 5.78 Å². The molecule has 0 unspecified atom stereocenters. The molecule has 3 heteroatoms. The van der Waals surface area contributed by atoms with Gasteiger partial charge in [0.15, 0.2) is 5.78 Å². The number of carbonyl (C=O) groups is 1. The van der Waals surface area contributed by atoms with Crippen LogP contribution in [0.2, 0.25) is 5.02 Å². The topological polar surface area (TPSA) is 29.1 Å². The molecule has 18 heavy (non-hydrogen) atoms. The molecule has 0 bridgehead atoms. The molecule has 1 aliphatic rings. The second kappa shape index (κ2) is 6.05. The van der Waals surface area contributed by atoms with Gasteiger partial charge in [0.25, 0.3) is 0 Å². The van der Waals surface area contributed by atoms with E-state index in [1.165, 1.54) is 0 Å². The lowest BCUT2D eigenvalue weighted by Gasteiger charge is -2.08. The maximum atomic E-state index is 11.8. The maximum absolute atomic E-state index is 11.8. The first-order chi connectivity index (χ1) is 8.68. The van der Waals surface area contributed by atoms with Crippen molar-refractivity contribution in [2.45, 2.75) is 39.0 Å². The van der Waals surface area contributed by atoms with Gasteiger partial charge in [0.2, 0.25) is 0 Å². The number of anilines is 1. The van der Waals surface area contributed by atoms with Crippen LogP contribution >= 0.6 is 11.6 Å². The molecule has 0 saturated heterocycles. The molecule has 0 spiro atoms. The molecular weight excluding hydrogens is 246 g/mol. The van der Waals surface area contributed by atoms with E-state index in [2.05, 4.69) is 5.32 Å². The average molecular weight is 264 g/mol. The molecule has 1 saturated carbocycles.